The molecule has 2 bridgehead atoms. The van der Waals surface area contributed by atoms with Crippen LogP contribution < -0.4 is 5.32 Å². The predicted octanol–water partition coefficient (Wildman–Crippen LogP) is 2.73. The van der Waals surface area contributed by atoms with Crippen molar-refractivity contribution in [2.24, 2.45) is 0 Å². The molecular formula is C12H15ClN2. The van der Waals surface area contributed by atoms with Crippen molar-refractivity contribution in [3.63, 3.8) is 0 Å². The number of aromatic nitrogens is 1. The lowest BCUT2D eigenvalue weighted by atomic mass is 9.87. The molecule has 2 nitrogen and oxygen atoms in total. The summed E-state index contributed by atoms with van der Waals surface area (Å²) < 4.78 is 0. The van der Waals surface area contributed by atoms with Gasteiger partial charge >= 0.3 is 0 Å². The van der Waals surface area contributed by atoms with Crippen molar-refractivity contribution in [1.29, 1.82) is 0 Å². The van der Waals surface area contributed by atoms with E-state index >= 15 is 0 Å². The highest BCUT2D eigenvalue weighted by atomic mass is 35.5. The zero-order chi connectivity index (χ0) is 10.3. The summed E-state index contributed by atoms with van der Waals surface area (Å²) in [5.74, 6) is 0.662. The van der Waals surface area contributed by atoms with Gasteiger partial charge in [0, 0.05) is 24.5 Å². The summed E-state index contributed by atoms with van der Waals surface area (Å²) in [6, 6.07) is 3.53. The van der Waals surface area contributed by atoms with Crippen LogP contribution in [0.5, 0.6) is 0 Å². The average molecular weight is 223 g/mol. The van der Waals surface area contributed by atoms with Crippen LogP contribution in [0.2, 0.25) is 5.02 Å². The Hall–Kier alpha value is -0.600. The van der Waals surface area contributed by atoms with E-state index in [-0.39, 0.29) is 0 Å². The van der Waals surface area contributed by atoms with Crippen molar-refractivity contribution >= 4 is 11.6 Å². The highest BCUT2D eigenvalue weighted by Crippen LogP contribution is 2.37. The number of fused-ring (bicyclic) bond motifs is 2. The highest BCUT2D eigenvalue weighted by Gasteiger charge is 2.34. The SMILES string of the molecule is Clc1cncc(C2CC3CCC(C2)N3)c1. The molecule has 2 aliphatic rings. The van der Waals surface area contributed by atoms with Gasteiger partial charge in [0.2, 0.25) is 0 Å². The van der Waals surface area contributed by atoms with E-state index in [0.29, 0.717) is 5.92 Å². The van der Waals surface area contributed by atoms with Crippen LogP contribution >= 0.6 is 11.6 Å². The lowest BCUT2D eigenvalue weighted by molar-refractivity contribution is 0.363. The second kappa shape index (κ2) is 3.76. The van der Waals surface area contributed by atoms with Crippen molar-refractivity contribution in [2.75, 3.05) is 0 Å². The van der Waals surface area contributed by atoms with Crippen molar-refractivity contribution in [3.8, 4) is 0 Å². The number of rotatable bonds is 1. The standard InChI is InChI=1S/C12H15ClN2/c13-10-3-9(6-14-7-10)8-4-11-1-2-12(5-8)15-11/h3,6-8,11-12,15H,1-2,4-5H2. The third-order valence-electron chi connectivity index (χ3n) is 3.67. The first kappa shape index (κ1) is 9.61. The van der Waals surface area contributed by atoms with Gasteiger partial charge in [0.05, 0.1) is 5.02 Å². The molecular weight excluding hydrogens is 208 g/mol. The zero-order valence-corrected chi connectivity index (χ0v) is 9.37. The Kier molecular flexibility index (Phi) is 2.41. The van der Waals surface area contributed by atoms with Gasteiger partial charge in [-0.2, -0.15) is 0 Å². The van der Waals surface area contributed by atoms with Gasteiger partial charge in [-0.15, -0.1) is 0 Å². The highest BCUT2D eigenvalue weighted by molar-refractivity contribution is 6.30. The third-order valence-corrected chi connectivity index (χ3v) is 3.88. The molecule has 1 N–H and O–H groups in total. The lowest BCUT2D eigenvalue weighted by Crippen LogP contribution is -2.37. The average Bonchev–Trinajstić information content (AvgIpc) is 2.58. The van der Waals surface area contributed by atoms with Crippen LogP contribution in [-0.2, 0) is 0 Å². The van der Waals surface area contributed by atoms with Crippen molar-refractivity contribution < 1.29 is 0 Å². The first-order valence-electron chi connectivity index (χ1n) is 5.68. The Labute approximate surface area is 95.0 Å². The molecule has 0 aliphatic carbocycles. The topological polar surface area (TPSA) is 24.9 Å². The fourth-order valence-electron chi connectivity index (χ4n) is 2.98. The summed E-state index contributed by atoms with van der Waals surface area (Å²) in [5, 5.41) is 4.41. The summed E-state index contributed by atoms with van der Waals surface area (Å²) in [7, 11) is 0. The second-order valence-electron chi connectivity index (χ2n) is 4.74. The maximum atomic E-state index is 5.97. The van der Waals surface area contributed by atoms with Gasteiger partial charge in [0.25, 0.3) is 0 Å². The van der Waals surface area contributed by atoms with E-state index in [2.05, 4.69) is 16.4 Å². The summed E-state index contributed by atoms with van der Waals surface area (Å²) in [5.41, 5.74) is 1.32. The minimum absolute atomic E-state index is 0.662. The maximum absolute atomic E-state index is 5.97. The number of piperidine rings is 1. The van der Waals surface area contributed by atoms with Gasteiger partial charge in [-0.05, 0) is 43.2 Å². The Morgan fingerprint density at radius 1 is 1.20 bits per heavy atom. The molecule has 2 fully saturated rings. The summed E-state index contributed by atoms with van der Waals surface area (Å²) >= 11 is 5.97. The first-order chi connectivity index (χ1) is 7.31. The van der Waals surface area contributed by atoms with Crippen molar-refractivity contribution in [2.45, 2.75) is 43.7 Å². The Morgan fingerprint density at radius 3 is 2.60 bits per heavy atom. The molecule has 2 unspecified atom stereocenters. The molecule has 0 amide bonds. The Balaban J connectivity index is 1.83. The molecule has 0 radical (unpaired) electrons. The van der Waals surface area contributed by atoms with Crippen molar-refractivity contribution in [3.05, 3.63) is 29.0 Å². The lowest BCUT2D eigenvalue weighted by Gasteiger charge is -2.29. The number of hydrogen-bond acceptors (Lipinski definition) is 2. The quantitative estimate of drug-likeness (QED) is 0.791. The predicted molar refractivity (Wildman–Crippen MR) is 61.2 cm³/mol. The van der Waals surface area contributed by atoms with Crippen LogP contribution in [0.25, 0.3) is 0 Å². The summed E-state index contributed by atoms with van der Waals surface area (Å²) in [6.07, 6.45) is 8.86. The van der Waals surface area contributed by atoms with Crippen LogP contribution in [-0.4, -0.2) is 17.1 Å². The van der Waals surface area contributed by atoms with Gasteiger partial charge < -0.3 is 5.32 Å². The van der Waals surface area contributed by atoms with Crippen LogP contribution in [0.1, 0.15) is 37.2 Å². The van der Waals surface area contributed by atoms with Gasteiger partial charge in [0.1, 0.15) is 0 Å². The van der Waals surface area contributed by atoms with Crippen LogP contribution in [0.3, 0.4) is 0 Å². The number of nitrogens with one attached hydrogen (secondary N) is 1. The first-order valence-corrected chi connectivity index (χ1v) is 6.05. The van der Waals surface area contributed by atoms with Gasteiger partial charge in [-0.1, -0.05) is 11.6 Å². The number of pyridine rings is 1. The minimum Gasteiger partial charge on any atom is -0.311 e. The van der Waals surface area contributed by atoms with Gasteiger partial charge in [0.15, 0.2) is 0 Å². The van der Waals surface area contributed by atoms with E-state index in [9.17, 15) is 0 Å². The molecule has 15 heavy (non-hydrogen) atoms. The van der Waals surface area contributed by atoms with E-state index in [1.54, 1.807) is 6.20 Å². The molecule has 3 heteroatoms. The maximum Gasteiger partial charge on any atom is 0.0592 e. The minimum atomic E-state index is 0.662. The molecule has 1 aromatic heterocycles. The molecule has 0 saturated carbocycles. The van der Waals surface area contributed by atoms with Gasteiger partial charge in [-0.25, -0.2) is 0 Å². The Bertz CT molecular complexity index is 354. The molecule has 0 spiro atoms. The summed E-state index contributed by atoms with van der Waals surface area (Å²) in [6.45, 7) is 0. The molecule has 80 valence electrons. The molecule has 1 aromatic rings. The van der Waals surface area contributed by atoms with Gasteiger partial charge in [-0.3, -0.25) is 4.98 Å². The van der Waals surface area contributed by atoms with E-state index in [1.165, 1.54) is 31.2 Å². The van der Waals surface area contributed by atoms with E-state index < -0.39 is 0 Å². The molecule has 2 atom stereocenters. The zero-order valence-electron chi connectivity index (χ0n) is 8.62. The molecule has 3 rings (SSSR count). The fraction of sp³-hybridized carbons (Fsp3) is 0.583. The van der Waals surface area contributed by atoms with E-state index in [0.717, 1.165) is 17.1 Å². The monoisotopic (exact) mass is 222 g/mol. The fourth-order valence-corrected chi connectivity index (χ4v) is 3.16. The summed E-state index contributed by atoms with van der Waals surface area (Å²) in [4.78, 5) is 4.18. The molecule has 0 aromatic carbocycles. The van der Waals surface area contributed by atoms with Crippen LogP contribution in [0.15, 0.2) is 18.5 Å². The Morgan fingerprint density at radius 2 is 1.93 bits per heavy atom. The van der Waals surface area contributed by atoms with Crippen LogP contribution in [0, 0.1) is 0 Å². The third kappa shape index (κ3) is 1.88. The smallest absolute Gasteiger partial charge is 0.0592 e. The van der Waals surface area contributed by atoms with Crippen LogP contribution in [0.4, 0.5) is 0 Å². The molecule has 2 aliphatic heterocycles. The van der Waals surface area contributed by atoms with E-state index in [1.807, 2.05) is 6.20 Å². The molecule has 3 heterocycles. The largest absolute Gasteiger partial charge is 0.311 e. The number of nitrogens with zero attached hydrogens (tertiary/aromatic N) is 1. The second-order valence-corrected chi connectivity index (χ2v) is 5.18. The normalized spacial score (nSPS) is 34.3. The number of halogens is 1. The molecule has 2 saturated heterocycles. The number of hydrogen-bond donors (Lipinski definition) is 1. The van der Waals surface area contributed by atoms with E-state index in [4.69, 9.17) is 11.6 Å². The van der Waals surface area contributed by atoms with Crippen molar-refractivity contribution in [1.82, 2.24) is 10.3 Å².